The van der Waals surface area contributed by atoms with E-state index in [1.54, 1.807) is 7.11 Å². The lowest BCUT2D eigenvalue weighted by molar-refractivity contribution is 0.150. The fourth-order valence-electron chi connectivity index (χ4n) is 5.08. The van der Waals surface area contributed by atoms with Gasteiger partial charge in [0.2, 0.25) is 0 Å². The zero-order valence-corrected chi connectivity index (χ0v) is 22.0. The van der Waals surface area contributed by atoms with Crippen molar-refractivity contribution in [1.29, 1.82) is 0 Å². The minimum atomic E-state index is 0.371. The zero-order chi connectivity index (χ0) is 25.3. The minimum absolute atomic E-state index is 0.371. The van der Waals surface area contributed by atoms with Crippen molar-refractivity contribution < 1.29 is 14.6 Å². The molecule has 36 heavy (non-hydrogen) atoms. The van der Waals surface area contributed by atoms with Crippen LogP contribution in [0.25, 0.3) is 0 Å². The Morgan fingerprint density at radius 2 is 1.72 bits per heavy atom. The van der Waals surface area contributed by atoms with Gasteiger partial charge in [0.15, 0.2) is 0 Å². The molecule has 0 aliphatic heterocycles. The number of aromatic hydroxyl groups is 1. The Morgan fingerprint density at radius 1 is 0.944 bits per heavy atom. The first-order valence-corrected chi connectivity index (χ1v) is 13.1. The quantitative estimate of drug-likeness (QED) is 0.357. The molecule has 5 heteroatoms. The molecule has 3 aromatic carbocycles. The summed E-state index contributed by atoms with van der Waals surface area (Å²) < 4.78 is 11.1. The summed E-state index contributed by atoms with van der Waals surface area (Å²) in [6, 6.07) is 23.2. The summed E-state index contributed by atoms with van der Waals surface area (Å²) >= 11 is 0. The molecule has 0 radical (unpaired) electrons. The SMILES string of the molecule is CCN(Cc1ccc(OCCN(C)CCOC)cc1)c1ccccc1[C@@H]1CCc2cc(O)ccc2C1. The molecule has 0 saturated carbocycles. The van der Waals surface area contributed by atoms with Crippen LogP contribution in [-0.4, -0.2) is 57.0 Å². The van der Waals surface area contributed by atoms with Crippen molar-refractivity contribution in [3.63, 3.8) is 0 Å². The summed E-state index contributed by atoms with van der Waals surface area (Å²) in [5.41, 5.74) is 6.69. The smallest absolute Gasteiger partial charge is 0.119 e. The standard InChI is InChI=1S/C31H40N2O3/c1-4-33(23-24-9-15-29(16-10-24)36-20-18-32(2)17-19-35-3)31-8-6-5-7-30(31)27-12-11-26-22-28(34)14-13-25(26)21-27/h5-10,13-16,22,27,34H,4,11-12,17-21,23H2,1-3H3/t27-/m1/s1. The number of para-hydroxylation sites is 1. The lowest BCUT2D eigenvalue weighted by Crippen LogP contribution is -2.27. The summed E-state index contributed by atoms with van der Waals surface area (Å²) in [5.74, 6) is 1.77. The van der Waals surface area contributed by atoms with Gasteiger partial charge in [0.25, 0.3) is 0 Å². The Labute approximate surface area is 216 Å². The summed E-state index contributed by atoms with van der Waals surface area (Å²) in [5, 5.41) is 9.85. The van der Waals surface area contributed by atoms with Gasteiger partial charge < -0.3 is 24.4 Å². The van der Waals surface area contributed by atoms with Crippen LogP contribution in [0.3, 0.4) is 0 Å². The summed E-state index contributed by atoms with van der Waals surface area (Å²) in [4.78, 5) is 4.69. The van der Waals surface area contributed by atoms with Crippen molar-refractivity contribution >= 4 is 5.69 Å². The zero-order valence-electron chi connectivity index (χ0n) is 22.0. The molecule has 0 spiro atoms. The molecule has 3 aromatic rings. The number of fused-ring (bicyclic) bond motifs is 1. The number of nitrogens with zero attached hydrogens (tertiary/aromatic N) is 2. The number of phenolic OH excluding ortho intramolecular Hbond substituents is 1. The average molecular weight is 489 g/mol. The lowest BCUT2D eigenvalue weighted by Gasteiger charge is -2.31. The third-order valence-corrected chi connectivity index (χ3v) is 7.23. The number of methoxy groups -OCH3 is 1. The number of hydrogen-bond donors (Lipinski definition) is 1. The van der Waals surface area contributed by atoms with Gasteiger partial charge in [0, 0.05) is 39.0 Å². The van der Waals surface area contributed by atoms with E-state index in [2.05, 4.69) is 78.4 Å². The Morgan fingerprint density at radius 3 is 2.50 bits per heavy atom. The van der Waals surface area contributed by atoms with E-state index in [-0.39, 0.29) is 0 Å². The van der Waals surface area contributed by atoms with Gasteiger partial charge in [-0.05, 0) is 91.7 Å². The molecule has 192 valence electrons. The van der Waals surface area contributed by atoms with Crippen molar-refractivity contribution in [2.75, 3.05) is 51.9 Å². The second kappa shape index (κ2) is 12.8. The van der Waals surface area contributed by atoms with Gasteiger partial charge in [-0.1, -0.05) is 36.4 Å². The van der Waals surface area contributed by atoms with E-state index in [9.17, 15) is 5.11 Å². The summed E-state index contributed by atoms with van der Waals surface area (Å²) in [6.07, 6.45) is 3.15. The number of hydrogen-bond acceptors (Lipinski definition) is 5. The van der Waals surface area contributed by atoms with Crippen LogP contribution >= 0.6 is 0 Å². The van der Waals surface area contributed by atoms with Crippen molar-refractivity contribution in [1.82, 2.24) is 4.90 Å². The maximum Gasteiger partial charge on any atom is 0.119 e. The number of likely N-dealkylation sites (N-methyl/N-ethyl adjacent to an activating group) is 1. The maximum absolute atomic E-state index is 9.85. The van der Waals surface area contributed by atoms with Crippen molar-refractivity contribution in [2.24, 2.45) is 0 Å². The van der Waals surface area contributed by atoms with Crippen molar-refractivity contribution in [3.05, 3.63) is 89.0 Å². The number of phenols is 1. The van der Waals surface area contributed by atoms with Gasteiger partial charge in [0.1, 0.15) is 18.1 Å². The van der Waals surface area contributed by atoms with E-state index in [4.69, 9.17) is 9.47 Å². The Hall–Kier alpha value is -3.02. The van der Waals surface area contributed by atoms with Crippen LogP contribution in [0, 0.1) is 0 Å². The van der Waals surface area contributed by atoms with E-state index in [0.29, 0.717) is 18.3 Å². The molecule has 0 aromatic heterocycles. The van der Waals surface area contributed by atoms with Crippen molar-refractivity contribution in [2.45, 2.75) is 38.6 Å². The average Bonchev–Trinajstić information content (AvgIpc) is 2.91. The van der Waals surface area contributed by atoms with Gasteiger partial charge in [-0.2, -0.15) is 0 Å². The number of anilines is 1. The molecule has 0 saturated heterocycles. The van der Waals surface area contributed by atoms with E-state index in [0.717, 1.165) is 57.8 Å². The van der Waals surface area contributed by atoms with Crippen LogP contribution in [-0.2, 0) is 24.1 Å². The molecule has 5 nitrogen and oxygen atoms in total. The van der Waals surface area contributed by atoms with Crippen LogP contribution in [0.4, 0.5) is 5.69 Å². The van der Waals surface area contributed by atoms with E-state index >= 15 is 0 Å². The number of ether oxygens (including phenoxy) is 2. The topological polar surface area (TPSA) is 45.2 Å². The van der Waals surface area contributed by atoms with Gasteiger partial charge in [-0.15, -0.1) is 0 Å². The highest BCUT2D eigenvalue weighted by atomic mass is 16.5. The van der Waals surface area contributed by atoms with Crippen LogP contribution in [0.15, 0.2) is 66.7 Å². The maximum atomic E-state index is 9.85. The second-order valence-corrected chi connectivity index (χ2v) is 9.75. The molecule has 0 heterocycles. The fourth-order valence-corrected chi connectivity index (χ4v) is 5.08. The molecule has 1 aliphatic rings. The predicted molar refractivity (Wildman–Crippen MR) is 147 cm³/mol. The monoisotopic (exact) mass is 488 g/mol. The highest BCUT2D eigenvalue weighted by molar-refractivity contribution is 5.56. The number of benzene rings is 3. The number of rotatable bonds is 12. The third kappa shape index (κ3) is 6.80. The normalized spacial score (nSPS) is 15.1. The largest absolute Gasteiger partial charge is 0.508 e. The molecule has 1 N–H and O–H groups in total. The molecule has 1 atom stereocenters. The molecular formula is C31H40N2O3. The molecule has 1 aliphatic carbocycles. The molecule has 0 bridgehead atoms. The van der Waals surface area contributed by atoms with Gasteiger partial charge in [0.05, 0.1) is 6.61 Å². The van der Waals surface area contributed by atoms with Gasteiger partial charge in [-0.25, -0.2) is 0 Å². The highest BCUT2D eigenvalue weighted by Crippen LogP contribution is 2.38. The first-order chi connectivity index (χ1) is 17.6. The minimum Gasteiger partial charge on any atom is -0.508 e. The third-order valence-electron chi connectivity index (χ3n) is 7.23. The summed E-state index contributed by atoms with van der Waals surface area (Å²) in [6.45, 7) is 7.22. The van der Waals surface area contributed by atoms with Crippen LogP contribution in [0.1, 0.15) is 41.5 Å². The molecule has 0 fully saturated rings. The molecule has 0 unspecified atom stereocenters. The van der Waals surface area contributed by atoms with Crippen LogP contribution < -0.4 is 9.64 Å². The van der Waals surface area contributed by atoms with E-state index < -0.39 is 0 Å². The number of aryl methyl sites for hydroxylation is 1. The van der Waals surface area contributed by atoms with E-state index in [1.165, 1.54) is 27.9 Å². The highest BCUT2D eigenvalue weighted by Gasteiger charge is 2.24. The van der Waals surface area contributed by atoms with E-state index in [1.807, 2.05) is 12.1 Å². The van der Waals surface area contributed by atoms with Gasteiger partial charge >= 0.3 is 0 Å². The van der Waals surface area contributed by atoms with Crippen molar-refractivity contribution in [3.8, 4) is 11.5 Å². The van der Waals surface area contributed by atoms with Gasteiger partial charge in [-0.3, -0.25) is 0 Å². The fraction of sp³-hybridized carbons (Fsp3) is 0.419. The van der Waals surface area contributed by atoms with Crippen LogP contribution in [0.5, 0.6) is 11.5 Å². The molecule has 4 rings (SSSR count). The first-order valence-electron chi connectivity index (χ1n) is 13.1. The Kier molecular flexibility index (Phi) is 9.26. The Balaban J connectivity index is 1.39. The van der Waals surface area contributed by atoms with Crippen LogP contribution in [0.2, 0.25) is 0 Å². The lowest BCUT2D eigenvalue weighted by atomic mass is 9.79. The molecule has 0 amide bonds. The first kappa shape index (κ1) is 26.1. The Bertz CT molecular complexity index is 1100. The molecular weight excluding hydrogens is 448 g/mol. The summed E-state index contributed by atoms with van der Waals surface area (Å²) in [7, 11) is 3.81. The second-order valence-electron chi connectivity index (χ2n) is 9.75. The predicted octanol–water partition coefficient (Wildman–Crippen LogP) is 5.65.